The number of fused-ring (bicyclic) bond motifs is 1. The molecular formula is C25H33NO5S. The molecule has 0 fully saturated rings. The van der Waals surface area contributed by atoms with E-state index in [0.717, 1.165) is 22.3 Å². The van der Waals surface area contributed by atoms with Crippen LogP contribution in [0.2, 0.25) is 0 Å². The molecule has 0 radical (unpaired) electrons. The molecule has 0 bridgehead atoms. The molecule has 0 amide bonds. The lowest BCUT2D eigenvalue weighted by Gasteiger charge is -2.27. The van der Waals surface area contributed by atoms with E-state index in [9.17, 15) is 13.2 Å². The zero-order valence-electron chi connectivity index (χ0n) is 19.9. The molecule has 0 aliphatic heterocycles. The Bertz CT molecular complexity index is 1120. The first kappa shape index (κ1) is 24.3. The van der Waals surface area contributed by atoms with Crippen LogP contribution in [0.3, 0.4) is 0 Å². The number of carbonyl (C=O) groups is 1. The van der Waals surface area contributed by atoms with Crippen molar-refractivity contribution < 1.29 is 23.0 Å². The van der Waals surface area contributed by atoms with E-state index in [-0.39, 0.29) is 16.9 Å². The summed E-state index contributed by atoms with van der Waals surface area (Å²) in [5.41, 5.74) is 3.54. The van der Waals surface area contributed by atoms with E-state index in [1.807, 2.05) is 39.0 Å². The Labute approximate surface area is 191 Å². The van der Waals surface area contributed by atoms with Crippen molar-refractivity contribution in [2.75, 3.05) is 0 Å². The van der Waals surface area contributed by atoms with Crippen molar-refractivity contribution in [3.63, 3.8) is 0 Å². The van der Waals surface area contributed by atoms with E-state index in [1.54, 1.807) is 18.2 Å². The maximum atomic E-state index is 13.4. The minimum atomic E-state index is -3.72. The molecule has 1 aliphatic carbocycles. The Kier molecular flexibility index (Phi) is 6.46. The van der Waals surface area contributed by atoms with Gasteiger partial charge in [-0.1, -0.05) is 59.7 Å². The van der Waals surface area contributed by atoms with Gasteiger partial charge < -0.3 is 0 Å². The van der Waals surface area contributed by atoms with Gasteiger partial charge in [0.15, 0.2) is 5.75 Å². The monoisotopic (exact) mass is 459 g/mol. The summed E-state index contributed by atoms with van der Waals surface area (Å²) in [6, 6.07) is 10.8. The minimum absolute atomic E-state index is 0.0747. The summed E-state index contributed by atoms with van der Waals surface area (Å²) in [4.78, 5) is 20.9. The number of nitrogens with one attached hydrogen (secondary N) is 1. The van der Waals surface area contributed by atoms with E-state index in [0.29, 0.717) is 23.5 Å². The summed E-state index contributed by atoms with van der Waals surface area (Å²) in [5, 5.41) is 0. The second-order valence-electron chi connectivity index (χ2n) is 10.5. The number of hydrogen-bond acceptors (Lipinski definition) is 5. The predicted molar refractivity (Wildman–Crippen MR) is 124 cm³/mol. The summed E-state index contributed by atoms with van der Waals surface area (Å²) in [6.45, 7) is 13.7. The average Bonchev–Trinajstić information content (AvgIpc) is 3.05. The summed E-state index contributed by atoms with van der Waals surface area (Å²) in [5.74, 6) is -0.126. The third-order valence-electron chi connectivity index (χ3n) is 5.63. The van der Waals surface area contributed by atoms with Crippen LogP contribution in [0.25, 0.3) is 0 Å². The molecule has 32 heavy (non-hydrogen) atoms. The molecule has 3 rings (SSSR count). The molecule has 1 unspecified atom stereocenters. The van der Waals surface area contributed by atoms with Crippen LogP contribution < -0.4 is 9.61 Å². The highest BCUT2D eigenvalue weighted by Crippen LogP contribution is 2.34. The second-order valence-corrected chi connectivity index (χ2v) is 12.2. The predicted octanol–water partition coefficient (Wildman–Crippen LogP) is 4.58. The van der Waals surface area contributed by atoms with Crippen molar-refractivity contribution in [3.05, 3.63) is 58.7 Å². The van der Waals surface area contributed by atoms with Crippen molar-refractivity contribution in [2.24, 2.45) is 0 Å². The van der Waals surface area contributed by atoms with Crippen LogP contribution in [-0.2, 0) is 43.4 Å². The molecule has 0 saturated heterocycles. The van der Waals surface area contributed by atoms with Crippen LogP contribution in [0.5, 0.6) is 5.75 Å². The highest BCUT2D eigenvalue weighted by atomic mass is 32.2. The van der Waals surface area contributed by atoms with Gasteiger partial charge in [-0.3, -0.25) is 9.78 Å². The Morgan fingerprint density at radius 3 is 2.19 bits per heavy atom. The van der Waals surface area contributed by atoms with Gasteiger partial charge in [0.25, 0.3) is 0 Å². The third kappa shape index (κ3) is 5.51. The number of rotatable bonds is 5. The Morgan fingerprint density at radius 2 is 1.59 bits per heavy atom. The van der Waals surface area contributed by atoms with Crippen molar-refractivity contribution in [1.82, 2.24) is 4.72 Å². The van der Waals surface area contributed by atoms with Gasteiger partial charge in [0.2, 0.25) is 10.0 Å². The van der Waals surface area contributed by atoms with E-state index in [4.69, 9.17) is 4.89 Å². The molecular weight excluding hydrogens is 426 g/mol. The van der Waals surface area contributed by atoms with Gasteiger partial charge in [-0.25, -0.2) is 17.9 Å². The highest BCUT2D eigenvalue weighted by Gasteiger charge is 2.31. The molecule has 6 nitrogen and oxygen atoms in total. The Hall–Kier alpha value is -2.38. The standard InChI is InChI=1S/C25H33NO5S/c1-16(27)30-31-21-10-8-17-12-20(13-18(17)14-21)26-32(28,29)23-11-9-19(24(2,3)4)15-22(23)25(5,6)7/h8-11,14-15,20,26H,12-13H2,1-7H3. The summed E-state index contributed by atoms with van der Waals surface area (Å²) in [7, 11) is -3.72. The maximum absolute atomic E-state index is 13.4. The third-order valence-corrected chi connectivity index (χ3v) is 7.21. The van der Waals surface area contributed by atoms with Crippen molar-refractivity contribution in [1.29, 1.82) is 0 Å². The van der Waals surface area contributed by atoms with Crippen LogP contribution in [0.15, 0.2) is 41.3 Å². The van der Waals surface area contributed by atoms with Crippen LogP contribution in [0.1, 0.15) is 70.7 Å². The van der Waals surface area contributed by atoms with Gasteiger partial charge in [0.05, 0.1) is 4.90 Å². The normalized spacial score (nSPS) is 16.5. The Morgan fingerprint density at radius 1 is 0.938 bits per heavy atom. The maximum Gasteiger partial charge on any atom is 0.352 e. The SMILES string of the molecule is CC(=O)OOc1ccc2c(c1)CC(NS(=O)(=O)c1ccc(C(C)(C)C)cc1C(C)(C)C)C2. The van der Waals surface area contributed by atoms with E-state index in [1.165, 1.54) is 6.92 Å². The number of benzene rings is 2. The fourth-order valence-electron chi connectivity index (χ4n) is 3.94. The zero-order valence-corrected chi connectivity index (χ0v) is 20.7. The van der Waals surface area contributed by atoms with Gasteiger partial charge in [-0.05, 0) is 64.1 Å². The lowest BCUT2D eigenvalue weighted by atomic mass is 9.81. The van der Waals surface area contributed by atoms with Gasteiger partial charge in [0, 0.05) is 13.0 Å². The first-order chi connectivity index (χ1) is 14.7. The Balaban J connectivity index is 1.84. The molecule has 2 aromatic rings. The first-order valence-electron chi connectivity index (χ1n) is 10.8. The van der Waals surface area contributed by atoms with Crippen molar-refractivity contribution >= 4 is 16.0 Å². The van der Waals surface area contributed by atoms with Gasteiger partial charge in [0.1, 0.15) is 0 Å². The van der Waals surface area contributed by atoms with Crippen LogP contribution in [0, 0.1) is 0 Å². The molecule has 0 heterocycles. The molecule has 1 atom stereocenters. The lowest BCUT2D eigenvalue weighted by molar-refractivity contribution is -0.210. The molecule has 7 heteroatoms. The molecule has 0 saturated carbocycles. The van der Waals surface area contributed by atoms with Gasteiger partial charge in [-0.2, -0.15) is 0 Å². The molecule has 0 aromatic heterocycles. The van der Waals surface area contributed by atoms with E-state index in [2.05, 4.69) is 30.4 Å². The molecule has 2 aromatic carbocycles. The molecule has 0 spiro atoms. The summed E-state index contributed by atoms with van der Waals surface area (Å²) in [6.07, 6.45) is 1.13. The fraction of sp³-hybridized carbons (Fsp3) is 0.480. The topological polar surface area (TPSA) is 81.7 Å². The van der Waals surface area contributed by atoms with Crippen LogP contribution in [-0.4, -0.2) is 20.4 Å². The number of sulfonamides is 1. The minimum Gasteiger partial charge on any atom is -0.287 e. The summed E-state index contributed by atoms with van der Waals surface area (Å²) < 4.78 is 29.7. The largest absolute Gasteiger partial charge is 0.352 e. The molecule has 1 aliphatic rings. The van der Waals surface area contributed by atoms with Gasteiger partial charge >= 0.3 is 5.97 Å². The highest BCUT2D eigenvalue weighted by molar-refractivity contribution is 7.89. The van der Waals surface area contributed by atoms with Crippen molar-refractivity contribution in [2.45, 2.75) is 83.1 Å². The first-order valence-corrected chi connectivity index (χ1v) is 12.3. The lowest BCUT2D eigenvalue weighted by Crippen LogP contribution is -2.36. The second kappa shape index (κ2) is 8.52. The van der Waals surface area contributed by atoms with Crippen LogP contribution in [0.4, 0.5) is 0 Å². The van der Waals surface area contributed by atoms with Crippen LogP contribution >= 0.6 is 0 Å². The zero-order chi connectivity index (χ0) is 23.9. The molecule has 174 valence electrons. The molecule has 1 N–H and O–H groups in total. The smallest absolute Gasteiger partial charge is 0.287 e. The van der Waals surface area contributed by atoms with Crippen molar-refractivity contribution in [3.8, 4) is 5.75 Å². The quantitative estimate of drug-likeness (QED) is 0.523. The average molecular weight is 460 g/mol. The summed E-state index contributed by atoms with van der Waals surface area (Å²) >= 11 is 0. The van der Waals surface area contributed by atoms with Gasteiger partial charge in [-0.15, -0.1) is 0 Å². The van der Waals surface area contributed by atoms with E-state index < -0.39 is 16.0 Å². The number of hydrogen-bond donors (Lipinski definition) is 1. The number of carbonyl (C=O) groups excluding carboxylic acids is 1. The van der Waals surface area contributed by atoms with E-state index >= 15 is 0 Å². The fourth-order valence-corrected chi connectivity index (χ4v) is 5.57.